The molecule has 0 radical (unpaired) electrons. The largest absolute Gasteiger partial charge is 0.466 e. The second-order valence-electron chi connectivity index (χ2n) is 11.6. The molecule has 0 fully saturated rings. The zero-order valence-corrected chi connectivity index (χ0v) is 31.7. The standard InChI is InChI=1S/C15H23BrN4O4.C8H15NO4.C7H10BrN3O.2CH4/c1-15(2,3)24-14(22)19-5-4-12(21)23-7-6-18-13-11(17)8-10(16)9-20-13;1-8(2,3)13-7(11)9-4-5-12-6-10;8-5-3-6(9)7(11-4-5)10-1-2-12;;/h8-9H,4-7,17H2,1-3H3,(H,18,20)(H,19,22);6H,4-5H2,1-3H3,(H,9,11);3-4,12H,1-2,9H2,(H,10,11);2*1H4. The van der Waals surface area contributed by atoms with Crippen molar-refractivity contribution in [1.29, 1.82) is 0 Å². The van der Waals surface area contributed by atoms with Crippen LogP contribution < -0.4 is 32.7 Å². The Labute approximate surface area is 317 Å². The summed E-state index contributed by atoms with van der Waals surface area (Å²) in [6.45, 7) is 12.6. The van der Waals surface area contributed by atoms with Gasteiger partial charge in [0, 0.05) is 34.4 Å². The average molecular weight is 857 g/mol. The van der Waals surface area contributed by atoms with Gasteiger partial charge in [-0.3, -0.25) is 9.59 Å². The molecule has 0 aliphatic rings. The highest BCUT2D eigenvalue weighted by Crippen LogP contribution is 2.20. The number of nitrogens with two attached hydrogens (primary N) is 2. The number of carbonyl (C=O) groups excluding carboxylic acids is 4. The predicted octanol–water partition coefficient (Wildman–Crippen LogP) is 5.08. The van der Waals surface area contributed by atoms with Crippen molar-refractivity contribution in [3.63, 3.8) is 0 Å². The number of nitrogens with zero attached hydrogens (tertiary/aromatic N) is 2. The van der Waals surface area contributed by atoms with Crippen molar-refractivity contribution in [2.24, 2.45) is 0 Å². The van der Waals surface area contributed by atoms with E-state index in [1.54, 1.807) is 66.1 Å². The number of halogens is 2. The number of aliphatic hydroxyl groups is 1. The fourth-order valence-electron chi connectivity index (χ4n) is 2.94. The molecule has 0 aliphatic heterocycles. The second-order valence-corrected chi connectivity index (χ2v) is 13.4. The van der Waals surface area contributed by atoms with Gasteiger partial charge in [-0.25, -0.2) is 19.6 Å². The average Bonchev–Trinajstić information content (AvgIpc) is 2.97. The van der Waals surface area contributed by atoms with Gasteiger partial charge in [-0.15, -0.1) is 0 Å². The summed E-state index contributed by atoms with van der Waals surface area (Å²) < 4.78 is 21.0. The molecule has 0 saturated carbocycles. The molecule has 0 aromatic carbocycles. The summed E-state index contributed by atoms with van der Waals surface area (Å²) in [6, 6.07) is 3.48. The lowest BCUT2D eigenvalue weighted by atomic mass is 10.2. The molecule has 0 unspecified atom stereocenters. The van der Waals surface area contributed by atoms with Gasteiger partial charge < -0.3 is 56.8 Å². The SMILES string of the molecule is C.C.CC(C)(C)OC(=O)NCCC(=O)OCCNc1ncc(Br)cc1N.CC(C)(C)OC(=O)NCCOC=O.Nc1cc(Br)cnc1NCCO. The number of ether oxygens (including phenoxy) is 4. The Morgan fingerprint density at radius 1 is 0.784 bits per heavy atom. The lowest BCUT2D eigenvalue weighted by Gasteiger charge is -2.19. The first kappa shape index (κ1) is 51.3. The van der Waals surface area contributed by atoms with E-state index in [-0.39, 0.29) is 54.2 Å². The van der Waals surface area contributed by atoms with E-state index in [9.17, 15) is 19.2 Å². The Kier molecular flexibility index (Phi) is 27.7. The van der Waals surface area contributed by atoms with Gasteiger partial charge in [-0.1, -0.05) is 14.9 Å². The molecular formula is C32H56Br2N8O9. The van der Waals surface area contributed by atoms with Crippen LogP contribution in [0.4, 0.5) is 32.6 Å². The molecule has 0 bridgehead atoms. The van der Waals surface area contributed by atoms with E-state index in [1.807, 2.05) is 0 Å². The molecule has 2 aromatic rings. The lowest BCUT2D eigenvalue weighted by molar-refractivity contribution is -0.143. The number of hydrogen-bond donors (Lipinski definition) is 7. The molecule has 2 rings (SSSR count). The topological polar surface area (TPSA) is 251 Å². The number of pyridine rings is 2. The van der Waals surface area contributed by atoms with Crippen LogP contribution in [-0.4, -0.2) is 96.9 Å². The van der Waals surface area contributed by atoms with Crippen LogP contribution in [0.15, 0.2) is 33.5 Å². The number of aromatic nitrogens is 2. The molecule has 2 amide bonds. The number of esters is 1. The van der Waals surface area contributed by atoms with Crippen LogP contribution in [0.5, 0.6) is 0 Å². The van der Waals surface area contributed by atoms with Crippen molar-refractivity contribution in [3.8, 4) is 0 Å². The van der Waals surface area contributed by atoms with Crippen molar-refractivity contribution in [2.45, 2.75) is 74.0 Å². The molecule has 0 spiro atoms. The van der Waals surface area contributed by atoms with Crippen LogP contribution in [0.1, 0.15) is 62.8 Å². The summed E-state index contributed by atoms with van der Waals surface area (Å²) >= 11 is 6.51. The van der Waals surface area contributed by atoms with E-state index in [0.29, 0.717) is 42.6 Å². The van der Waals surface area contributed by atoms with Crippen LogP contribution >= 0.6 is 31.9 Å². The normalized spacial score (nSPS) is 10.1. The van der Waals surface area contributed by atoms with Gasteiger partial charge in [0.25, 0.3) is 6.47 Å². The van der Waals surface area contributed by atoms with Gasteiger partial charge in [0.15, 0.2) is 0 Å². The summed E-state index contributed by atoms with van der Waals surface area (Å²) in [6.07, 6.45) is 2.26. The van der Waals surface area contributed by atoms with Gasteiger partial charge in [0.2, 0.25) is 0 Å². The smallest absolute Gasteiger partial charge is 0.407 e. The monoisotopic (exact) mass is 854 g/mol. The molecule has 17 nitrogen and oxygen atoms in total. The van der Waals surface area contributed by atoms with Crippen LogP contribution in [0.2, 0.25) is 0 Å². The second kappa shape index (κ2) is 27.6. The number of alkyl carbamates (subject to hydrolysis) is 2. The molecule has 51 heavy (non-hydrogen) atoms. The molecule has 2 aromatic heterocycles. The highest BCUT2D eigenvalue weighted by atomic mass is 79.9. The van der Waals surface area contributed by atoms with E-state index in [2.05, 4.69) is 67.8 Å². The van der Waals surface area contributed by atoms with Gasteiger partial charge >= 0.3 is 18.2 Å². The number of amides is 2. The maximum Gasteiger partial charge on any atom is 0.407 e. The minimum absolute atomic E-state index is 0. The summed E-state index contributed by atoms with van der Waals surface area (Å²) in [7, 11) is 0. The minimum atomic E-state index is -0.570. The Bertz CT molecular complexity index is 1310. The van der Waals surface area contributed by atoms with E-state index < -0.39 is 29.4 Å². The highest BCUT2D eigenvalue weighted by molar-refractivity contribution is 9.10. The van der Waals surface area contributed by atoms with Crippen LogP contribution in [0.25, 0.3) is 0 Å². The quantitative estimate of drug-likeness (QED) is 0.0566. The predicted molar refractivity (Wildman–Crippen MR) is 206 cm³/mol. The molecular weight excluding hydrogens is 800 g/mol. The molecule has 9 N–H and O–H groups in total. The maximum absolute atomic E-state index is 11.5. The van der Waals surface area contributed by atoms with Crippen LogP contribution in [-0.2, 0) is 28.5 Å². The first-order valence-corrected chi connectivity index (χ1v) is 16.5. The number of hydrogen-bond acceptors (Lipinski definition) is 15. The van der Waals surface area contributed by atoms with E-state index in [4.69, 9.17) is 30.8 Å². The maximum atomic E-state index is 11.5. The molecule has 2 heterocycles. The molecule has 19 heteroatoms. The molecule has 0 saturated heterocycles. The van der Waals surface area contributed by atoms with Gasteiger partial charge in [0.05, 0.1) is 37.5 Å². The number of rotatable bonds is 14. The third-order valence-corrected chi connectivity index (χ3v) is 5.65. The Morgan fingerprint density at radius 3 is 1.65 bits per heavy atom. The summed E-state index contributed by atoms with van der Waals surface area (Å²) in [5.74, 6) is 0.720. The van der Waals surface area contributed by atoms with Crippen molar-refractivity contribution in [1.82, 2.24) is 20.6 Å². The van der Waals surface area contributed by atoms with E-state index in [1.165, 1.54) is 0 Å². The third-order valence-electron chi connectivity index (χ3n) is 4.78. The Balaban J connectivity index is -0.000000726. The van der Waals surface area contributed by atoms with Gasteiger partial charge in [0.1, 0.15) is 36.1 Å². The van der Waals surface area contributed by atoms with Crippen LogP contribution in [0.3, 0.4) is 0 Å². The summed E-state index contributed by atoms with van der Waals surface area (Å²) in [4.78, 5) is 51.7. The fraction of sp³-hybridized carbons (Fsp3) is 0.562. The zero-order valence-electron chi connectivity index (χ0n) is 28.6. The number of anilines is 4. The fourth-order valence-corrected chi connectivity index (χ4v) is 3.64. The molecule has 0 aliphatic carbocycles. The Morgan fingerprint density at radius 2 is 1.24 bits per heavy atom. The van der Waals surface area contributed by atoms with Gasteiger partial charge in [-0.05, 0) is 85.5 Å². The van der Waals surface area contributed by atoms with E-state index >= 15 is 0 Å². The van der Waals surface area contributed by atoms with Crippen molar-refractivity contribution < 1.29 is 43.2 Å². The highest BCUT2D eigenvalue weighted by Gasteiger charge is 2.16. The summed E-state index contributed by atoms with van der Waals surface area (Å²) in [5, 5.41) is 19.3. The van der Waals surface area contributed by atoms with Crippen molar-refractivity contribution in [3.05, 3.63) is 33.5 Å². The van der Waals surface area contributed by atoms with E-state index in [0.717, 1.165) is 8.95 Å². The third kappa shape index (κ3) is 29.3. The number of nitrogen functional groups attached to an aromatic ring is 2. The first-order valence-electron chi connectivity index (χ1n) is 14.9. The summed E-state index contributed by atoms with van der Waals surface area (Å²) in [5.41, 5.74) is 11.4. The zero-order chi connectivity index (χ0) is 37.5. The minimum Gasteiger partial charge on any atom is -0.466 e. The molecule has 292 valence electrons. The lowest BCUT2D eigenvalue weighted by Crippen LogP contribution is -2.34. The van der Waals surface area contributed by atoms with Crippen molar-refractivity contribution >= 4 is 79.5 Å². The van der Waals surface area contributed by atoms with Crippen LogP contribution in [0, 0.1) is 0 Å². The molecule has 0 atom stereocenters. The Hall–Kier alpha value is -4.10. The number of carbonyl (C=O) groups is 4. The number of aliphatic hydroxyl groups excluding tert-OH is 1. The van der Waals surface area contributed by atoms with Crippen molar-refractivity contribution in [2.75, 3.05) is 68.1 Å². The van der Waals surface area contributed by atoms with Gasteiger partial charge in [-0.2, -0.15) is 0 Å². The number of nitrogens with one attached hydrogen (secondary N) is 4. The first-order chi connectivity index (χ1) is 22.9.